The second-order valence-electron chi connectivity index (χ2n) is 6.01. The number of carboxylic acids is 2. The number of hydrogen-bond donors (Lipinski definition) is 4. The van der Waals surface area contributed by atoms with Gasteiger partial charge in [-0.25, -0.2) is 0 Å². The van der Waals surface area contributed by atoms with Crippen LogP contribution in [0.15, 0.2) is 0 Å². The van der Waals surface area contributed by atoms with Crippen LogP contribution in [0.1, 0.15) is 52.9 Å². The van der Waals surface area contributed by atoms with Crippen molar-refractivity contribution < 1.29 is 50.6 Å². The number of ether oxygens (including phenoxy) is 1. The van der Waals surface area contributed by atoms with Gasteiger partial charge in [-0.15, -0.1) is 0 Å². The van der Waals surface area contributed by atoms with E-state index in [1.807, 2.05) is 0 Å². The van der Waals surface area contributed by atoms with Crippen LogP contribution in [0.4, 0.5) is 0 Å². The number of halogens is 2. The first-order chi connectivity index (χ1) is 12.8. The van der Waals surface area contributed by atoms with Gasteiger partial charge in [0.1, 0.15) is 5.78 Å². The molecule has 0 bridgehead atoms. The summed E-state index contributed by atoms with van der Waals surface area (Å²) in [6.07, 6.45) is 0.813. The van der Waals surface area contributed by atoms with Crippen molar-refractivity contribution in [3.63, 3.8) is 0 Å². The Balaban J connectivity index is -0.000000152. The maximum absolute atomic E-state index is 11.1. The Labute approximate surface area is 182 Å². The third-order valence-electron chi connectivity index (χ3n) is 2.58. The molecule has 0 rings (SSSR count). The number of ketones is 1. The summed E-state index contributed by atoms with van der Waals surface area (Å²) in [5, 5.41) is 16.3. The van der Waals surface area contributed by atoms with E-state index in [2.05, 4.69) is 4.74 Å². The monoisotopic (exact) mass is 629 g/mol. The summed E-state index contributed by atoms with van der Waals surface area (Å²) in [7, 11) is 11.0. The minimum atomic E-state index is -0.986. The molecule has 0 aliphatic rings. The molecule has 6 N–H and O–H groups in total. The molecule has 0 atom stereocenters. The summed E-state index contributed by atoms with van der Waals surface area (Å²) in [6, 6.07) is 0. The Bertz CT molecular complexity index is 432. The van der Waals surface area contributed by atoms with Gasteiger partial charge in [-0.1, -0.05) is 20.8 Å². The number of aliphatic carboxylic acids is 2. The van der Waals surface area contributed by atoms with Crippen molar-refractivity contribution in [2.45, 2.75) is 52.9 Å². The second kappa shape index (κ2) is 24.3. The molecule has 0 saturated heterocycles. The van der Waals surface area contributed by atoms with E-state index in [-0.39, 0.29) is 31.5 Å². The van der Waals surface area contributed by atoms with Gasteiger partial charge >= 0.3 is 53.2 Å². The predicted octanol–water partition coefficient (Wildman–Crippen LogP) is 2.16. The predicted molar refractivity (Wildman–Crippen MR) is 105 cm³/mol. The molecule has 0 aromatic carbocycles. The van der Waals surface area contributed by atoms with E-state index >= 15 is 0 Å². The molecule has 0 aliphatic carbocycles. The Morgan fingerprint density at radius 1 is 0.893 bits per heavy atom. The number of esters is 1. The van der Waals surface area contributed by atoms with Crippen LogP contribution >= 0.6 is 18.8 Å². The zero-order chi connectivity index (χ0) is 23.2. The van der Waals surface area contributed by atoms with Gasteiger partial charge in [-0.2, -0.15) is 0 Å². The van der Waals surface area contributed by atoms with Crippen LogP contribution in [0.25, 0.3) is 0 Å². The molecule has 0 aliphatic heterocycles. The van der Waals surface area contributed by atoms with Crippen molar-refractivity contribution in [3.8, 4) is 0 Å². The molecule has 0 amide bonds. The minimum absolute atomic E-state index is 0.0000926. The Morgan fingerprint density at radius 3 is 1.46 bits per heavy atom. The number of carboxylic acid groups (broad SMARTS) is 2. The normalized spacial score (nSPS) is 9.43. The van der Waals surface area contributed by atoms with E-state index in [1.54, 1.807) is 20.8 Å². The number of carbonyl (C=O) groups is 4. The maximum atomic E-state index is 11.1. The SMILES string of the molecule is CC(C)(C)C(=O)CCC(=O)O.COC(=O)CCC(=O)O.NCCCN.[Cl][Pt+2][Cl]. The molecule has 0 saturated carbocycles. The van der Waals surface area contributed by atoms with Crippen LogP contribution in [0.2, 0.25) is 0 Å². The van der Waals surface area contributed by atoms with Crippen molar-refractivity contribution in [1.29, 1.82) is 0 Å². The van der Waals surface area contributed by atoms with Gasteiger partial charge in [-0.3, -0.25) is 19.2 Å². The Kier molecular flexibility index (Phi) is 30.2. The van der Waals surface area contributed by atoms with Gasteiger partial charge < -0.3 is 26.4 Å². The van der Waals surface area contributed by atoms with Gasteiger partial charge in [0, 0.05) is 11.8 Å². The molecule has 0 radical (unpaired) electrons. The fourth-order valence-corrected chi connectivity index (χ4v) is 1.02. The van der Waals surface area contributed by atoms with Gasteiger partial charge in [0.15, 0.2) is 0 Å². The molecule has 0 aromatic heterocycles. The van der Waals surface area contributed by atoms with E-state index in [0.717, 1.165) is 19.5 Å². The first-order valence-electron chi connectivity index (χ1n) is 8.10. The Hall–Kier alpha value is -0.732. The van der Waals surface area contributed by atoms with Crippen molar-refractivity contribution in [2.75, 3.05) is 20.2 Å². The van der Waals surface area contributed by atoms with Crippen molar-refractivity contribution in [1.82, 2.24) is 0 Å². The van der Waals surface area contributed by atoms with Crippen molar-refractivity contribution >= 4 is 42.5 Å². The zero-order valence-corrected chi connectivity index (χ0v) is 20.4. The molecule has 0 aromatic rings. The number of rotatable bonds is 8. The number of nitrogens with two attached hydrogens (primary N) is 2. The molecule has 0 unspecified atom stereocenters. The van der Waals surface area contributed by atoms with Crippen LogP contribution in [-0.4, -0.2) is 54.1 Å². The zero-order valence-electron chi connectivity index (χ0n) is 16.6. The molecule has 0 spiro atoms. The topological polar surface area (TPSA) is 170 Å². The van der Waals surface area contributed by atoms with Crippen LogP contribution in [0.3, 0.4) is 0 Å². The number of Topliss-reactive ketones (excluding diaryl/α,β-unsaturated/α-hetero) is 1. The van der Waals surface area contributed by atoms with Crippen molar-refractivity contribution in [2.24, 2.45) is 16.9 Å². The van der Waals surface area contributed by atoms with Crippen LogP contribution in [0.5, 0.6) is 0 Å². The molecule has 12 heteroatoms. The van der Waals surface area contributed by atoms with Gasteiger partial charge in [0.2, 0.25) is 0 Å². The average molecular weight is 630 g/mol. The van der Waals surface area contributed by atoms with Gasteiger partial charge in [0.05, 0.1) is 26.4 Å². The van der Waals surface area contributed by atoms with E-state index in [1.165, 1.54) is 7.11 Å². The summed E-state index contributed by atoms with van der Waals surface area (Å²) in [5.74, 6) is -2.39. The molecule has 9 nitrogen and oxygen atoms in total. The molecular formula is C16H32Cl2N2O7Pt+2. The van der Waals surface area contributed by atoms with Crippen LogP contribution in [0, 0.1) is 5.41 Å². The van der Waals surface area contributed by atoms with Crippen LogP contribution < -0.4 is 11.5 Å². The standard InChI is InChI=1S/C8H14O3.C5H8O4.C3H10N2.2ClH.Pt/c1-8(2,3)6(9)4-5-7(10)11;1-9-5(8)3-2-4(6)7;4-2-1-3-5;;;/h4-5H2,1-3H3,(H,10,11);2-3H2,1H3,(H,6,7);1-5H2;2*1H;/q;;;;;+4/p-2. The van der Waals surface area contributed by atoms with Crippen LogP contribution in [-0.2, 0) is 40.4 Å². The second-order valence-corrected chi connectivity index (χ2v) is 9.30. The first-order valence-corrected chi connectivity index (χ1v) is 13.7. The fraction of sp³-hybridized carbons (Fsp3) is 0.750. The summed E-state index contributed by atoms with van der Waals surface area (Å²) >= 11 is -0.472. The molecule has 0 heterocycles. The summed E-state index contributed by atoms with van der Waals surface area (Å²) < 4.78 is 4.20. The fourth-order valence-electron chi connectivity index (χ4n) is 1.02. The van der Waals surface area contributed by atoms with E-state index in [4.69, 9.17) is 40.5 Å². The molecule has 28 heavy (non-hydrogen) atoms. The number of carbonyl (C=O) groups excluding carboxylic acids is 2. The summed E-state index contributed by atoms with van der Waals surface area (Å²) in [4.78, 5) is 41.2. The molecule has 0 fully saturated rings. The van der Waals surface area contributed by atoms with Gasteiger partial charge in [0.25, 0.3) is 0 Å². The summed E-state index contributed by atoms with van der Waals surface area (Å²) in [6.45, 7) is 6.80. The molecule has 170 valence electrons. The van der Waals surface area contributed by atoms with Gasteiger partial charge in [-0.05, 0) is 19.5 Å². The van der Waals surface area contributed by atoms with E-state index < -0.39 is 39.8 Å². The number of methoxy groups -OCH3 is 1. The summed E-state index contributed by atoms with van der Waals surface area (Å²) in [5.41, 5.74) is 9.71. The van der Waals surface area contributed by atoms with E-state index in [9.17, 15) is 19.2 Å². The Morgan fingerprint density at radius 2 is 1.25 bits per heavy atom. The average Bonchev–Trinajstić information content (AvgIpc) is 2.59. The quantitative estimate of drug-likeness (QED) is 0.294. The number of hydrogen-bond acceptors (Lipinski definition) is 7. The first kappa shape index (κ1) is 34.8. The molecular weight excluding hydrogens is 598 g/mol. The third-order valence-corrected chi connectivity index (χ3v) is 2.58. The third kappa shape index (κ3) is 40.1. The van der Waals surface area contributed by atoms with Crippen molar-refractivity contribution in [3.05, 3.63) is 0 Å². The van der Waals surface area contributed by atoms with E-state index in [0.29, 0.717) is 0 Å².